The summed E-state index contributed by atoms with van der Waals surface area (Å²) >= 11 is 0. The molecule has 6 heteroatoms. The molecule has 0 aliphatic carbocycles. The van der Waals surface area contributed by atoms with Crippen LogP contribution in [-0.4, -0.2) is 59.3 Å². The number of carbonyl (C=O) groups excluding carboxylic acids is 1. The van der Waals surface area contributed by atoms with Gasteiger partial charge in [0.2, 0.25) is 5.75 Å². The van der Waals surface area contributed by atoms with Gasteiger partial charge in [0.15, 0.2) is 17.3 Å². The third-order valence-corrected chi connectivity index (χ3v) is 5.65. The summed E-state index contributed by atoms with van der Waals surface area (Å²) in [6, 6.07) is 17.5. The molecule has 0 amide bonds. The topological polar surface area (TPSA) is 57.2 Å². The Morgan fingerprint density at radius 1 is 0.886 bits per heavy atom. The Kier molecular flexibility index (Phi) is 8.92. The van der Waals surface area contributed by atoms with E-state index in [1.54, 1.807) is 33.5 Å². The second kappa shape index (κ2) is 12.1. The normalized spacial score (nSPS) is 11.1. The van der Waals surface area contributed by atoms with E-state index in [2.05, 4.69) is 19.1 Å². The molecule has 0 N–H and O–H groups in total. The highest BCUT2D eigenvalue weighted by Gasteiger charge is 2.16. The van der Waals surface area contributed by atoms with Gasteiger partial charge in [-0.25, -0.2) is 0 Å². The first-order valence-corrected chi connectivity index (χ1v) is 11.4. The Hall–Kier alpha value is -3.77. The van der Waals surface area contributed by atoms with Gasteiger partial charge in [-0.2, -0.15) is 0 Å². The van der Waals surface area contributed by atoms with Crippen molar-refractivity contribution in [2.45, 2.75) is 6.92 Å². The van der Waals surface area contributed by atoms with E-state index in [9.17, 15) is 4.79 Å². The minimum absolute atomic E-state index is 0.169. The summed E-state index contributed by atoms with van der Waals surface area (Å²) in [6.45, 7) is 3.28. The van der Waals surface area contributed by atoms with Gasteiger partial charge in [-0.15, -0.1) is 0 Å². The van der Waals surface area contributed by atoms with Gasteiger partial charge in [-0.05, 0) is 74.1 Å². The molecule has 0 radical (unpaired) electrons. The van der Waals surface area contributed by atoms with Crippen molar-refractivity contribution in [3.05, 3.63) is 77.4 Å². The zero-order valence-electron chi connectivity index (χ0n) is 21.3. The van der Waals surface area contributed by atoms with E-state index in [1.165, 1.54) is 6.08 Å². The van der Waals surface area contributed by atoms with E-state index < -0.39 is 0 Å². The van der Waals surface area contributed by atoms with Crippen LogP contribution in [0.25, 0.3) is 17.2 Å². The highest BCUT2D eigenvalue weighted by molar-refractivity contribution is 6.09. The molecule has 0 aliphatic rings. The summed E-state index contributed by atoms with van der Waals surface area (Å²) in [5, 5.41) is 0. The minimum atomic E-state index is -0.169. The molecule has 184 valence electrons. The lowest BCUT2D eigenvalue weighted by Crippen LogP contribution is -2.20. The molecule has 0 heterocycles. The van der Waals surface area contributed by atoms with Crippen molar-refractivity contribution in [2.75, 3.05) is 48.6 Å². The van der Waals surface area contributed by atoms with E-state index in [0.717, 1.165) is 23.2 Å². The molecule has 3 rings (SSSR count). The molecule has 0 spiro atoms. The predicted molar refractivity (Wildman–Crippen MR) is 140 cm³/mol. The van der Waals surface area contributed by atoms with Gasteiger partial charge in [-0.1, -0.05) is 30.3 Å². The standard InChI is InChI=1S/C29H33NO5/c1-20-9-7-8-10-23(20)22-13-15-26(35-18-17-30(2)3)24(19-22)25(31)14-11-21-12-16-27(32-4)29(34-6)28(21)33-5/h7-16,19H,17-18H2,1-6H3/b14-11+. The molecular formula is C29H33NO5. The van der Waals surface area contributed by atoms with Crippen molar-refractivity contribution in [3.8, 4) is 34.1 Å². The Morgan fingerprint density at radius 3 is 2.26 bits per heavy atom. The molecule has 0 aromatic heterocycles. The van der Waals surface area contributed by atoms with Crippen LogP contribution >= 0.6 is 0 Å². The lowest BCUT2D eigenvalue weighted by molar-refractivity contribution is 0.104. The number of rotatable bonds is 11. The molecule has 0 fully saturated rings. The SMILES string of the molecule is COc1ccc(/C=C/C(=O)c2cc(-c3ccccc3C)ccc2OCCN(C)C)c(OC)c1OC. The molecule has 3 aromatic rings. The van der Waals surface area contributed by atoms with Gasteiger partial charge < -0.3 is 23.8 Å². The quantitative estimate of drug-likeness (QED) is 0.269. The van der Waals surface area contributed by atoms with Gasteiger partial charge in [0.05, 0.1) is 26.9 Å². The molecule has 35 heavy (non-hydrogen) atoms. The number of likely N-dealkylation sites (N-methyl/N-ethyl adjacent to an activating group) is 1. The Morgan fingerprint density at radius 2 is 1.60 bits per heavy atom. The second-order valence-corrected chi connectivity index (χ2v) is 8.30. The number of benzene rings is 3. The average Bonchev–Trinajstić information content (AvgIpc) is 2.86. The molecule has 0 saturated heterocycles. The first-order valence-electron chi connectivity index (χ1n) is 11.4. The molecular weight excluding hydrogens is 442 g/mol. The van der Waals surface area contributed by atoms with Crippen molar-refractivity contribution in [3.63, 3.8) is 0 Å². The third-order valence-electron chi connectivity index (χ3n) is 5.65. The van der Waals surface area contributed by atoms with Gasteiger partial charge in [0, 0.05) is 12.1 Å². The largest absolute Gasteiger partial charge is 0.493 e. The molecule has 0 aliphatic heterocycles. The summed E-state index contributed by atoms with van der Waals surface area (Å²) in [5.41, 5.74) is 4.37. The summed E-state index contributed by atoms with van der Waals surface area (Å²) in [6.07, 6.45) is 3.24. The molecule has 0 unspecified atom stereocenters. The van der Waals surface area contributed by atoms with E-state index in [-0.39, 0.29) is 5.78 Å². The third kappa shape index (κ3) is 6.22. The maximum atomic E-state index is 13.4. The van der Waals surface area contributed by atoms with E-state index in [0.29, 0.717) is 40.7 Å². The van der Waals surface area contributed by atoms with Gasteiger partial charge in [-0.3, -0.25) is 4.79 Å². The predicted octanol–water partition coefficient (Wildman–Crippen LogP) is 5.52. The fraction of sp³-hybridized carbons (Fsp3) is 0.276. The zero-order chi connectivity index (χ0) is 25.4. The first kappa shape index (κ1) is 25.8. The van der Waals surface area contributed by atoms with Crippen LogP contribution in [0.3, 0.4) is 0 Å². The summed E-state index contributed by atoms with van der Waals surface area (Å²) in [5.74, 6) is 1.90. The maximum Gasteiger partial charge on any atom is 0.203 e. The number of carbonyl (C=O) groups is 1. The van der Waals surface area contributed by atoms with Crippen molar-refractivity contribution in [1.82, 2.24) is 4.90 Å². The van der Waals surface area contributed by atoms with Gasteiger partial charge in [0.25, 0.3) is 0 Å². The van der Waals surface area contributed by atoms with Gasteiger partial charge >= 0.3 is 0 Å². The summed E-state index contributed by atoms with van der Waals surface area (Å²) in [7, 11) is 8.63. The number of hydrogen-bond acceptors (Lipinski definition) is 6. The smallest absolute Gasteiger partial charge is 0.203 e. The van der Waals surface area contributed by atoms with Crippen LogP contribution in [0.15, 0.2) is 60.7 Å². The van der Waals surface area contributed by atoms with E-state index in [4.69, 9.17) is 18.9 Å². The number of ketones is 1. The van der Waals surface area contributed by atoms with Crippen LogP contribution in [0.4, 0.5) is 0 Å². The van der Waals surface area contributed by atoms with Crippen molar-refractivity contribution >= 4 is 11.9 Å². The number of nitrogens with zero attached hydrogens (tertiary/aromatic N) is 1. The minimum Gasteiger partial charge on any atom is -0.493 e. The molecule has 0 saturated carbocycles. The average molecular weight is 476 g/mol. The highest BCUT2D eigenvalue weighted by Crippen LogP contribution is 2.40. The highest BCUT2D eigenvalue weighted by atomic mass is 16.5. The van der Waals surface area contributed by atoms with Crippen LogP contribution in [0, 0.1) is 6.92 Å². The van der Waals surface area contributed by atoms with E-state index >= 15 is 0 Å². The van der Waals surface area contributed by atoms with Crippen molar-refractivity contribution < 1.29 is 23.7 Å². The fourth-order valence-corrected chi connectivity index (χ4v) is 3.76. The molecule has 3 aromatic carbocycles. The van der Waals surface area contributed by atoms with Crippen LogP contribution in [0.5, 0.6) is 23.0 Å². The zero-order valence-corrected chi connectivity index (χ0v) is 21.3. The fourth-order valence-electron chi connectivity index (χ4n) is 3.76. The number of aryl methyl sites for hydroxylation is 1. The Labute approximate surface area is 207 Å². The van der Waals surface area contributed by atoms with E-state index in [1.807, 2.05) is 55.4 Å². The molecule has 0 atom stereocenters. The Balaban J connectivity index is 1.99. The monoisotopic (exact) mass is 475 g/mol. The summed E-state index contributed by atoms with van der Waals surface area (Å²) < 4.78 is 22.3. The number of hydrogen-bond donors (Lipinski definition) is 0. The molecule has 0 bridgehead atoms. The number of allylic oxidation sites excluding steroid dienone is 1. The maximum absolute atomic E-state index is 13.4. The van der Waals surface area contributed by atoms with Crippen molar-refractivity contribution in [1.29, 1.82) is 0 Å². The van der Waals surface area contributed by atoms with Crippen LogP contribution in [0.1, 0.15) is 21.5 Å². The number of ether oxygens (including phenoxy) is 4. The second-order valence-electron chi connectivity index (χ2n) is 8.30. The van der Waals surface area contributed by atoms with Crippen LogP contribution < -0.4 is 18.9 Å². The number of methoxy groups -OCH3 is 3. The lowest BCUT2D eigenvalue weighted by Gasteiger charge is -2.15. The first-order chi connectivity index (χ1) is 16.9. The van der Waals surface area contributed by atoms with Crippen LogP contribution in [-0.2, 0) is 0 Å². The lowest BCUT2D eigenvalue weighted by atomic mass is 9.97. The van der Waals surface area contributed by atoms with Crippen LogP contribution in [0.2, 0.25) is 0 Å². The van der Waals surface area contributed by atoms with Crippen molar-refractivity contribution in [2.24, 2.45) is 0 Å². The Bertz CT molecular complexity index is 1200. The molecule has 6 nitrogen and oxygen atoms in total. The summed E-state index contributed by atoms with van der Waals surface area (Å²) in [4.78, 5) is 15.4. The van der Waals surface area contributed by atoms with Gasteiger partial charge in [0.1, 0.15) is 12.4 Å².